The van der Waals surface area contributed by atoms with E-state index in [2.05, 4.69) is 12.1 Å². The smallest absolute Gasteiger partial charge is 0.337 e. The van der Waals surface area contributed by atoms with Gasteiger partial charge in [0.15, 0.2) is 0 Å². The summed E-state index contributed by atoms with van der Waals surface area (Å²) < 4.78 is 22.6. The first-order valence-corrected chi connectivity index (χ1v) is 12.1. The summed E-state index contributed by atoms with van der Waals surface area (Å²) in [6, 6.07) is 25.0. The third kappa shape index (κ3) is 5.34. The second kappa shape index (κ2) is 10.8. The van der Waals surface area contributed by atoms with Gasteiger partial charge in [0.2, 0.25) is 11.5 Å². The quantitative estimate of drug-likeness (QED) is 0.400. The third-order valence-electron chi connectivity index (χ3n) is 6.72. The summed E-state index contributed by atoms with van der Waals surface area (Å²) >= 11 is 0. The van der Waals surface area contributed by atoms with Crippen LogP contribution in [0.4, 0.5) is 0 Å². The number of ether oxygens (including phenoxy) is 4. The van der Waals surface area contributed by atoms with Gasteiger partial charge in [-0.25, -0.2) is 4.79 Å². The molecule has 1 heterocycles. The maximum Gasteiger partial charge on any atom is 0.337 e. The molecule has 0 bridgehead atoms. The van der Waals surface area contributed by atoms with E-state index in [-0.39, 0.29) is 35.6 Å². The average molecular weight is 485 g/mol. The molecule has 0 spiro atoms. The zero-order chi connectivity index (χ0) is 24.9. The first kappa shape index (κ1) is 23.8. The van der Waals surface area contributed by atoms with E-state index in [1.165, 1.54) is 13.4 Å². The Kier molecular flexibility index (Phi) is 7.14. The molecule has 0 saturated heterocycles. The second-order valence-corrected chi connectivity index (χ2v) is 9.05. The van der Waals surface area contributed by atoms with Gasteiger partial charge in [0, 0.05) is 6.42 Å². The van der Waals surface area contributed by atoms with Crippen LogP contribution in [0.5, 0.6) is 5.75 Å². The highest BCUT2D eigenvalue weighted by molar-refractivity contribution is 5.96. The third-order valence-corrected chi connectivity index (χ3v) is 6.72. The molecule has 1 aliphatic carbocycles. The van der Waals surface area contributed by atoms with Gasteiger partial charge in [-0.05, 0) is 53.8 Å². The van der Waals surface area contributed by atoms with Gasteiger partial charge in [0.25, 0.3) is 0 Å². The van der Waals surface area contributed by atoms with Crippen LogP contribution in [-0.4, -0.2) is 31.1 Å². The van der Waals surface area contributed by atoms with E-state index in [0.29, 0.717) is 30.8 Å². The van der Waals surface area contributed by atoms with Crippen LogP contribution in [0.3, 0.4) is 0 Å². The van der Waals surface area contributed by atoms with E-state index in [9.17, 15) is 9.59 Å². The number of carbonyl (C=O) groups is 2. The molecule has 0 aromatic heterocycles. The van der Waals surface area contributed by atoms with Gasteiger partial charge in [-0.3, -0.25) is 4.79 Å². The fourth-order valence-corrected chi connectivity index (χ4v) is 4.70. The lowest BCUT2D eigenvalue weighted by molar-refractivity contribution is -0.134. The van der Waals surface area contributed by atoms with Crippen molar-refractivity contribution in [2.75, 3.05) is 7.11 Å². The number of hydrogen-bond donors (Lipinski definition) is 0. The number of benzene rings is 3. The van der Waals surface area contributed by atoms with E-state index >= 15 is 0 Å². The monoisotopic (exact) mass is 484 g/mol. The maximum atomic E-state index is 13.1. The Labute approximate surface area is 210 Å². The molecule has 2 aliphatic rings. The molecule has 3 aromatic carbocycles. The standard InChI is InChI=1S/C30H28O6/c1-33-30(32)23-9-7-20(8-10-23)18-34-25-15-16-26-27(17-25)35-19-28(29(26)31)36-24-13-11-22(12-14-24)21-5-3-2-4-6-21/h2-14,19,25-27H,15-18H2,1H3. The van der Waals surface area contributed by atoms with Crippen LogP contribution >= 0.6 is 0 Å². The molecule has 3 aromatic rings. The van der Waals surface area contributed by atoms with E-state index in [0.717, 1.165) is 23.1 Å². The van der Waals surface area contributed by atoms with Crippen molar-refractivity contribution in [1.29, 1.82) is 0 Å². The number of rotatable bonds is 7. The van der Waals surface area contributed by atoms with Crippen molar-refractivity contribution in [3.63, 3.8) is 0 Å². The highest BCUT2D eigenvalue weighted by atomic mass is 16.5. The minimum absolute atomic E-state index is 0.000679. The van der Waals surface area contributed by atoms with Gasteiger partial charge in [0.05, 0.1) is 31.3 Å². The van der Waals surface area contributed by atoms with Crippen LogP contribution in [-0.2, 0) is 25.6 Å². The molecule has 0 radical (unpaired) electrons. The average Bonchev–Trinajstić information content (AvgIpc) is 2.94. The molecule has 184 valence electrons. The summed E-state index contributed by atoms with van der Waals surface area (Å²) in [5.74, 6) is 0.240. The molecule has 36 heavy (non-hydrogen) atoms. The minimum Gasteiger partial charge on any atom is -0.493 e. The van der Waals surface area contributed by atoms with Crippen molar-refractivity contribution < 1.29 is 28.5 Å². The predicted octanol–water partition coefficient (Wildman–Crippen LogP) is 5.71. The zero-order valence-corrected chi connectivity index (χ0v) is 20.1. The summed E-state index contributed by atoms with van der Waals surface area (Å²) in [6.07, 6.45) is 3.33. The van der Waals surface area contributed by atoms with Crippen LogP contribution in [0.25, 0.3) is 11.1 Å². The fourth-order valence-electron chi connectivity index (χ4n) is 4.70. The van der Waals surface area contributed by atoms with Crippen LogP contribution < -0.4 is 4.74 Å². The summed E-state index contributed by atoms with van der Waals surface area (Å²) in [6.45, 7) is 0.431. The van der Waals surface area contributed by atoms with Crippen molar-refractivity contribution in [2.45, 2.75) is 38.1 Å². The van der Waals surface area contributed by atoms with E-state index in [4.69, 9.17) is 18.9 Å². The van der Waals surface area contributed by atoms with Gasteiger partial charge in [0.1, 0.15) is 18.1 Å². The Morgan fingerprint density at radius 3 is 2.36 bits per heavy atom. The Balaban J connectivity index is 1.15. The molecule has 6 heteroatoms. The highest BCUT2D eigenvalue weighted by Gasteiger charge is 2.41. The van der Waals surface area contributed by atoms with Crippen molar-refractivity contribution >= 4 is 11.8 Å². The molecule has 0 amide bonds. The molecule has 5 rings (SSSR count). The number of methoxy groups -OCH3 is 1. The van der Waals surface area contributed by atoms with Crippen LogP contribution in [0.2, 0.25) is 0 Å². The maximum absolute atomic E-state index is 13.1. The summed E-state index contributed by atoms with van der Waals surface area (Å²) in [5.41, 5.74) is 3.69. The molecular formula is C30H28O6. The van der Waals surface area contributed by atoms with Gasteiger partial charge < -0.3 is 18.9 Å². The Morgan fingerprint density at radius 2 is 1.64 bits per heavy atom. The molecule has 1 saturated carbocycles. The largest absolute Gasteiger partial charge is 0.493 e. The lowest BCUT2D eigenvalue weighted by atomic mass is 9.80. The fraction of sp³-hybridized carbons (Fsp3) is 0.267. The van der Waals surface area contributed by atoms with Crippen molar-refractivity contribution in [3.05, 3.63) is 102 Å². The minimum atomic E-state index is -0.361. The normalized spacial score (nSPS) is 21.1. The molecule has 0 N–H and O–H groups in total. The van der Waals surface area contributed by atoms with Gasteiger partial charge in [-0.15, -0.1) is 0 Å². The molecule has 1 aliphatic heterocycles. The van der Waals surface area contributed by atoms with Gasteiger partial charge in [-0.1, -0.05) is 54.6 Å². The zero-order valence-electron chi connectivity index (χ0n) is 20.1. The van der Waals surface area contributed by atoms with Crippen molar-refractivity contribution in [3.8, 4) is 16.9 Å². The van der Waals surface area contributed by atoms with E-state index < -0.39 is 0 Å². The lowest BCUT2D eigenvalue weighted by Gasteiger charge is -2.37. The molecular weight excluding hydrogens is 456 g/mol. The Hall–Kier alpha value is -3.90. The summed E-state index contributed by atoms with van der Waals surface area (Å²) in [4.78, 5) is 24.7. The number of ketones is 1. The van der Waals surface area contributed by atoms with Gasteiger partial charge >= 0.3 is 5.97 Å². The van der Waals surface area contributed by atoms with Crippen LogP contribution in [0.15, 0.2) is 90.9 Å². The van der Waals surface area contributed by atoms with E-state index in [1.807, 2.05) is 54.6 Å². The summed E-state index contributed by atoms with van der Waals surface area (Å²) in [5, 5.41) is 0. The Bertz CT molecular complexity index is 1230. The van der Waals surface area contributed by atoms with Crippen LogP contribution in [0.1, 0.15) is 35.2 Å². The molecule has 1 fully saturated rings. The first-order valence-electron chi connectivity index (χ1n) is 12.1. The molecule has 3 atom stereocenters. The topological polar surface area (TPSA) is 71.1 Å². The number of fused-ring (bicyclic) bond motifs is 1. The SMILES string of the molecule is COC(=O)c1ccc(COC2CCC3C(=O)C(Oc4ccc(-c5ccccc5)cc4)=COC3C2)cc1. The molecule has 6 nitrogen and oxygen atoms in total. The van der Waals surface area contributed by atoms with Crippen molar-refractivity contribution in [1.82, 2.24) is 0 Å². The summed E-state index contributed by atoms with van der Waals surface area (Å²) in [7, 11) is 1.36. The lowest BCUT2D eigenvalue weighted by Crippen LogP contribution is -2.42. The Morgan fingerprint density at radius 1 is 0.917 bits per heavy atom. The van der Waals surface area contributed by atoms with E-state index in [1.54, 1.807) is 12.1 Å². The first-order chi connectivity index (χ1) is 17.6. The molecule has 3 unspecified atom stereocenters. The van der Waals surface area contributed by atoms with Crippen LogP contribution in [0, 0.1) is 5.92 Å². The number of carbonyl (C=O) groups excluding carboxylic acids is 2. The number of hydrogen-bond acceptors (Lipinski definition) is 6. The highest BCUT2D eigenvalue weighted by Crippen LogP contribution is 2.35. The van der Waals surface area contributed by atoms with Gasteiger partial charge in [-0.2, -0.15) is 0 Å². The number of esters is 1. The second-order valence-electron chi connectivity index (χ2n) is 9.05. The number of Topliss-reactive ketones (excluding diaryl/α,β-unsaturated/α-hetero) is 1. The number of allylic oxidation sites excluding steroid dienone is 1. The van der Waals surface area contributed by atoms with Crippen molar-refractivity contribution in [2.24, 2.45) is 5.92 Å². The predicted molar refractivity (Wildman–Crippen MR) is 134 cm³/mol.